The molecular weight excluding hydrogens is 210 g/mol. The van der Waals surface area contributed by atoms with Gasteiger partial charge in [-0.05, 0) is 48.6 Å². The zero-order chi connectivity index (χ0) is 11.7. The molecule has 0 aliphatic heterocycles. The molecule has 1 aliphatic carbocycles. The maximum Gasteiger partial charge on any atom is 0.120 e. The number of nitrogens with zero attached hydrogens (tertiary/aromatic N) is 1. The van der Waals surface area contributed by atoms with E-state index in [1.165, 1.54) is 11.1 Å². The Labute approximate surface area is 101 Å². The smallest absolute Gasteiger partial charge is 0.120 e. The summed E-state index contributed by atoms with van der Waals surface area (Å²) in [5, 5.41) is 9.94. The van der Waals surface area contributed by atoms with Gasteiger partial charge in [0, 0.05) is 23.9 Å². The number of aromatic hydroxyl groups is 1. The third-order valence-corrected chi connectivity index (χ3v) is 3.47. The van der Waals surface area contributed by atoms with Gasteiger partial charge in [-0.1, -0.05) is 12.1 Å². The minimum Gasteiger partial charge on any atom is -0.508 e. The van der Waals surface area contributed by atoms with E-state index in [9.17, 15) is 5.11 Å². The molecule has 1 aromatic heterocycles. The number of benzene rings is 1. The first-order valence-electron chi connectivity index (χ1n) is 5.98. The summed E-state index contributed by atoms with van der Waals surface area (Å²) in [6.07, 6.45) is 7.09. The number of rotatable bonds is 1. The second-order valence-corrected chi connectivity index (χ2v) is 4.49. The molecule has 1 N–H and O–H groups in total. The number of hydrogen-bond donors (Lipinski definition) is 1. The molecule has 0 spiro atoms. The monoisotopic (exact) mass is 224 g/mol. The molecule has 0 amide bonds. The van der Waals surface area contributed by atoms with Gasteiger partial charge in [0.1, 0.15) is 5.75 Å². The van der Waals surface area contributed by atoms with Crippen molar-refractivity contribution in [1.82, 2.24) is 4.98 Å². The van der Waals surface area contributed by atoms with Crippen LogP contribution in [0.1, 0.15) is 35.4 Å². The number of pyridine rings is 1. The summed E-state index contributed by atoms with van der Waals surface area (Å²) in [6.45, 7) is 0. The second-order valence-electron chi connectivity index (χ2n) is 4.49. The molecule has 1 aliphatic rings. The van der Waals surface area contributed by atoms with Gasteiger partial charge in [0.25, 0.3) is 0 Å². The number of fused-ring (bicyclic) bond motifs is 1. The van der Waals surface area contributed by atoms with Gasteiger partial charge in [0.15, 0.2) is 0 Å². The Morgan fingerprint density at radius 2 is 2.29 bits per heavy atom. The van der Waals surface area contributed by atoms with Gasteiger partial charge in [-0.3, -0.25) is 4.98 Å². The molecule has 17 heavy (non-hydrogen) atoms. The maximum atomic E-state index is 9.94. The molecule has 1 heterocycles. The number of aromatic nitrogens is 1. The van der Waals surface area contributed by atoms with Gasteiger partial charge >= 0.3 is 0 Å². The molecule has 0 saturated carbocycles. The third kappa shape index (κ3) is 1.80. The average molecular weight is 224 g/mol. The Morgan fingerprint density at radius 3 is 3.18 bits per heavy atom. The molecule has 2 nitrogen and oxygen atoms in total. The van der Waals surface area contributed by atoms with Crippen LogP contribution in [0.15, 0.2) is 36.7 Å². The van der Waals surface area contributed by atoms with Crippen molar-refractivity contribution in [3.8, 4) is 5.75 Å². The van der Waals surface area contributed by atoms with Gasteiger partial charge in [-0.15, -0.1) is 0 Å². The summed E-state index contributed by atoms with van der Waals surface area (Å²) in [6, 6.07) is 10.7. The first kappa shape index (κ1) is 10.3. The molecule has 3 rings (SSSR count). The van der Waals surface area contributed by atoms with Crippen molar-refractivity contribution < 1.29 is 5.11 Å². The van der Waals surface area contributed by atoms with Crippen molar-refractivity contribution >= 4 is 0 Å². The zero-order valence-corrected chi connectivity index (χ0v) is 9.56. The normalized spacial score (nSPS) is 18.7. The van der Waals surface area contributed by atoms with E-state index in [0.29, 0.717) is 5.75 Å². The molecule has 85 valence electrons. The van der Waals surface area contributed by atoms with Crippen LogP contribution in [0.25, 0.3) is 0 Å². The fourth-order valence-electron chi connectivity index (χ4n) is 2.66. The SMILES string of the molecule is Oc1ccc[c]c1C1CCCc2cnccc21. The van der Waals surface area contributed by atoms with E-state index in [2.05, 4.69) is 17.1 Å². The highest BCUT2D eigenvalue weighted by molar-refractivity contribution is 5.43. The van der Waals surface area contributed by atoms with E-state index >= 15 is 0 Å². The Bertz CT molecular complexity index is 536. The number of phenols is 1. The van der Waals surface area contributed by atoms with Gasteiger partial charge in [-0.2, -0.15) is 0 Å². The van der Waals surface area contributed by atoms with Crippen LogP contribution in [-0.4, -0.2) is 10.1 Å². The van der Waals surface area contributed by atoms with Crippen molar-refractivity contribution in [2.75, 3.05) is 0 Å². The molecule has 1 atom stereocenters. The lowest BCUT2D eigenvalue weighted by molar-refractivity contribution is 0.459. The fourth-order valence-corrected chi connectivity index (χ4v) is 2.66. The summed E-state index contributed by atoms with van der Waals surface area (Å²) in [7, 11) is 0. The number of aryl methyl sites for hydroxylation is 1. The minimum absolute atomic E-state index is 0.267. The van der Waals surface area contributed by atoms with Crippen molar-refractivity contribution in [2.45, 2.75) is 25.2 Å². The van der Waals surface area contributed by atoms with Crippen molar-refractivity contribution in [3.05, 3.63) is 59.4 Å². The molecule has 0 saturated heterocycles. The lowest BCUT2D eigenvalue weighted by Crippen LogP contribution is -2.11. The van der Waals surface area contributed by atoms with Crippen LogP contribution in [-0.2, 0) is 6.42 Å². The Kier molecular flexibility index (Phi) is 2.56. The van der Waals surface area contributed by atoms with Crippen LogP contribution >= 0.6 is 0 Å². The Balaban J connectivity index is 2.09. The van der Waals surface area contributed by atoms with Crippen LogP contribution in [0.3, 0.4) is 0 Å². The Morgan fingerprint density at radius 1 is 1.35 bits per heavy atom. The summed E-state index contributed by atoms with van der Waals surface area (Å²) in [5.41, 5.74) is 3.52. The lowest BCUT2D eigenvalue weighted by Gasteiger charge is -2.25. The van der Waals surface area contributed by atoms with E-state index in [0.717, 1.165) is 24.8 Å². The highest BCUT2D eigenvalue weighted by Gasteiger charge is 2.23. The molecule has 0 fully saturated rings. The zero-order valence-electron chi connectivity index (χ0n) is 9.56. The van der Waals surface area contributed by atoms with Crippen molar-refractivity contribution in [1.29, 1.82) is 0 Å². The fraction of sp³-hybridized carbons (Fsp3) is 0.267. The predicted molar refractivity (Wildman–Crippen MR) is 66.0 cm³/mol. The van der Waals surface area contributed by atoms with E-state index in [1.54, 1.807) is 6.07 Å². The van der Waals surface area contributed by atoms with E-state index < -0.39 is 0 Å². The molecule has 1 radical (unpaired) electrons. The van der Waals surface area contributed by atoms with Crippen LogP contribution < -0.4 is 0 Å². The van der Waals surface area contributed by atoms with E-state index in [4.69, 9.17) is 0 Å². The maximum absolute atomic E-state index is 9.94. The highest BCUT2D eigenvalue weighted by Crippen LogP contribution is 2.39. The summed E-state index contributed by atoms with van der Waals surface area (Å²) < 4.78 is 0. The van der Waals surface area contributed by atoms with Crippen LogP contribution in [0.4, 0.5) is 0 Å². The Hall–Kier alpha value is -1.83. The van der Waals surface area contributed by atoms with Gasteiger partial charge < -0.3 is 5.11 Å². The van der Waals surface area contributed by atoms with Crippen molar-refractivity contribution in [3.63, 3.8) is 0 Å². The first-order chi connectivity index (χ1) is 8.36. The van der Waals surface area contributed by atoms with E-state index in [-0.39, 0.29) is 5.92 Å². The number of hydrogen-bond acceptors (Lipinski definition) is 2. The first-order valence-corrected chi connectivity index (χ1v) is 5.98. The summed E-state index contributed by atoms with van der Waals surface area (Å²) in [5.74, 6) is 0.616. The molecule has 1 aromatic carbocycles. The topological polar surface area (TPSA) is 33.1 Å². The highest BCUT2D eigenvalue weighted by atomic mass is 16.3. The van der Waals surface area contributed by atoms with Crippen molar-refractivity contribution in [2.24, 2.45) is 0 Å². The van der Waals surface area contributed by atoms with Crippen LogP contribution in [0, 0.1) is 6.07 Å². The molecule has 2 aromatic rings. The lowest BCUT2D eigenvalue weighted by atomic mass is 9.79. The van der Waals surface area contributed by atoms with Gasteiger partial charge in [-0.25, -0.2) is 0 Å². The minimum atomic E-state index is 0.267. The molecular formula is C15H14NO. The van der Waals surface area contributed by atoms with Crippen LogP contribution in [0.5, 0.6) is 5.75 Å². The third-order valence-electron chi connectivity index (χ3n) is 3.47. The second kappa shape index (κ2) is 4.21. The summed E-state index contributed by atoms with van der Waals surface area (Å²) in [4.78, 5) is 4.18. The quantitative estimate of drug-likeness (QED) is 0.807. The number of phenolic OH excluding ortho intramolecular Hbond substituents is 1. The molecule has 0 bridgehead atoms. The van der Waals surface area contributed by atoms with Crippen LogP contribution in [0.2, 0.25) is 0 Å². The summed E-state index contributed by atoms with van der Waals surface area (Å²) >= 11 is 0. The van der Waals surface area contributed by atoms with Gasteiger partial charge in [0.2, 0.25) is 0 Å². The van der Waals surface area contributed by atoms with Gasteiger partial charge in [0.05, 0.1) is 0 Å². The standard InChI is InChI=1S/C15H14NO/c17-15-7-2-1-5-14(15)13-6-3-4-11-10-16-9-8-12(11)13/h1-2,7-10,13,17H,3-4,6H2. The molecule has 2 heteroatoms. The van der Waals surface area contributed by atoms with E-state index in [1.807, 2.05) is 24.5 Å². The molecule has 1 unspecified atom stereocenters. The average Bonchev–Trinajstić information content (AvgIpc) is 2.39. The largest absolute Gasteiger partial charge is 0.508 e. The predicted octanol–water partition coefficient (Wildman–Crippen LogP) is 3.06.